The maximum absolute atomic E-state index is 13.1. The molecule has 0 aromatic heterocycles. The van der Waals surface area contributed by atoms with Gasteiger partial charge in [-0.3, -0.25) is 0 Å². The van der Waals surface area contributed by atoms with Crippen molar-refractivity contribution in [2.24, 2.45) is 0 Å². The third kappa shape index (κ3) is 3.82. The van der Waals surface area contributed by atoms with Gasteiger partial charge in [-0.1, -0.05) is 37.3 Å². The Morgan fingerprint density at radius 1 is 1.11 bits per heavy atom. The fourth-order valence-electron chi connectivity index (χ4n) is 2.20. The molecule has 0 radical (unpaired) electrons. The summed E-state index contributed by atoms with van der Waals surface area (Å²) in [6.07, 6.45) is 2.01. The molecule has 0 spiro atoms. The van der Waals surface area contributed by atoms with Gasteiger partial charge in [-0.2, -0.15) is 0 Å². The minimum absolute atomic E-state index is 0.181. The van der Waals surface area contributed by atoms with E-state index in [1.54, 1.807) is 6.07 Å². The van der Waals surface area contributed by atoms with Gasteiger partial charge in [-0.15, -0.1) is 0 Å². The summed E-state index contributed by atoms with van der Waals surface area (Å²) in [5, 5.41) is 3.51. The van der Waals surface area contributed by atoms with Crippen LogP contribution in [0.15, 0.2) is 48.5 Å². The molecule has 0 aliphatic rings. The van der Waals surface area contributed by atoms with Crippen molar-refractivity contribution >= 4 is 5.69 Å². The lowest BCUT2D eigenvalue weighted by Crippen LogP contribution is -2.21. The smallest absolute Gasteiger partial charge is 0.123 e. The maximum Gasteiger partial charge on any atom is 0.123 e. The summed E-state index contributed by atoms with van der Waals surface area (Å²) in [5.41, 5.74) is 3.29. The Kier molecular flexibility index (Phi) is 4.56. The number of hydrogen-bond acceptors (Lipinski definition) is 1. The Labute approximate surface area is 114 Å². The van der Waals surface area contributed by atoms with E-state index < -0.39 is 0 Å². The van der Waals surface area contributed by atoms with Gasteiger partial charge in [-0.05, 0) is 49.1 Å². The first-order valence-electron chi connectivity index (χ1n) is 6.75. The number of benzene rings is 2. The van der Waals surface area contributed by atoms with Gasteiger partial charge in [-0.25, -0.2) is 4.39 Å². The van der Waals surface area contributed by atoms with E-state index in [2.05, 4.69) is 36.5 Å². The number of aryl methyl sites for hydroxylation is 1. The highest BCUT2D eigenvalue weighted by atomic mass is 19.1. The van der Waals surface area contributed by atoms with Gasteiger partial charge in [0.25, 0.3) is 0 Å². The monoisotopic (exact) mass is 257 g/mol. The second-order valence-corrected chi connectivity index (χ2v) is 4.90. The quantitative estimate of drug-likeness (QED) is 0.827. The molecule has 1 unspecified atom stereocenters. The van der Waals surface area contributed by atoms with Crippen molar-refractivity contribution in [3.63, 3.8) is 0 Å². The van der Waals surface area contributed by atoms with E-state index in [0.29, 0.717) is 6.04 Å². The Morgan fingerprint density at radius 2 is 1.84 bits per heavy atom. The van der Waals surface area contributed by atoms with Crippen molar-refractivity contribution < 1.29 is 4.39 Å². The van der Waals surface area contributed by atoms with E-state index in [1.165, 1.54) is 11.6 Å². The first kappa shape index (κ1) is 13.6. The first-order chi connectivity index (χ1) is 9.19. The summed E-state index contributed by atoms with van der Waals surface area (Å²) in [5.74, 6) is -0.181. The Balaban J connectivity index is 2.06. The maximum atomic E-state index is 13.1. The molecule has 0 saturated heterocycles. The number of hydrogen-bond donors (Lipinski definition) is 1. The van der Waals surface area contributed by atoms with Crippen molar-refractivity contribution in [1.29, 1.82) is 0 Å². The third-order valence-corrected chi connectivity index (χ3v) is 3.37. The molecule has 19 heavy (non-hydrogen) atoms. The van der Waals surface area contributed by atoms with Gasteiger partial charge in [0.05, 0.1) is 0 Å². The van der Waals surface area contributed by atoms with Gasteiger partial charge in [0, 0.05) is 11.7 Å². The first-order valence-corrected chi connectivity index (χ1v) is 6.75. The third-order valence-electron chi connectivity index (χ3n) is 3.37. The Bertz CT molecular complexity index is 522. The summed E-state index contributed by atoms with van der Waals surface area (Å²) < 4.78 is 13.1. The molecule has 1 atom stereocenters. The molecule has 1 N–H and O–H groups in total. The second kappa shape index (κ2) is 6.37. The van der Waals surface area contributed by atoms with E-state index in [-0.39, 0.29) is 5.82 Å². The zero-order chi connectivity index (χ0) is 13.7. The van der Waals surface area contributed by atoms with E-state index >= 15 is 0 Å². The van der Waals surface area contributed by atoms with Crippen molar-refractivity contribution in [2.45, 2.75) is 32.7 Å². The highest BCUT2D eigenvalue weighted by Crippen LogP contribution is 2.19. The molecule has 100 valence electrons. The summed E-state index contributed by atoms with van der Waals surface area (Å²) in [6, 6.07) is 15.7. The lowest BCUT2D eigenvalue weighted by molar-refractivity contribution is 0.626. The van der Waals surface area contributed by atoms with Crippen LogP contribution in [0.1, 0.15) is 24.5 Å². The average molecular weight is 257 g/mol. The van der Waals surface area contributed by atoms with Crippen molar-refractivity contribution in [3.05, 3.63) is 65.5 Å². The van der Waals surface area contributed by atoms with Gasteiger partial charge in [0.1, 0.15) is 5.82 Å². The molecule has 1 nitrogen and oxygen atoms in total. The summed E-state index contributed by atoms with van der Waals surface area (Å²) in [6.45, 7) is 4.10. The van der Waals surface area contributed by atoms with Crippen LogP contribution in [0.25, 0.3) is 0 Å². The molecule has 0 fully saturated rings. The molecule has 2 rings (SSSR count). The number of halogens is 1. The molecule has 0 saturated carbocycles. The SMILES string of the molecule is CCC(Cc1ccccc1)Nc1ccc(F)cc1C. The van der Waals surface area contributed by atoms with E-state index in [9.17, 15) is 4.39 Å². The summed E-state index contributed by atoms with van der Waals surface area (Å²) in [7, 11) is 0. The van der Waals surface area contributed by atoms with Gasteiger partial charge >= 0.3 is 0 Å². The molecular formula is C17H20FN. The largest absolute Gasteiger partial charge is 0.382 e. The van der Waals surface area contributed by atoms with Crippen molar-refractivity contribution in [3.8, 4) is 0 Å². The Hall–Kier alpha value is -1.83. The molecular weight excluding hydrogens is 237 g/mol. The molecule has 2 aromatic rings. The molecule has 0 heterocycles. The fraction of sp³-hybridized carbons (Fsp3) is 0.294. The summed E-state index contributed by atoms with van der Waals surface area (Å²) >= 11 is 0. The second-order valence-electron chi connectivity index (χ2n) is 4.90. The normalized spacial score (nSPS) is 12.2. The molecule has 0 amide bonds. The summed E-state index contributed by atoms with van der Waals surface area (Å²) in [4.78, 5) is 0. The van der Waals surface area contributed by atoms with Gasteiger partial charge in [0.15, 0.2) is 0 Å². The number of anilines is 1. The Morgan fingerprint density at radius 3 is 2.47 bits per heavy atom. The van der Waals surface area contributed by atoms with E-state index in [4.69, 9.17) is 0 Å². The minimum atomic E-state index is -0.181. The predicted octanol–water partition coefficient (Wildman–Crippen LogP) is 4.57. The van der Waals surface area contributed by atoms with Crippen LogP contribution < -0.4 is 5.32 Å². The highest BCUT2D eigenvalue weighted by Gasteiger charge is 2.09. The van der Waals surface area contributed by atoms with Crippen LogP contribution in [-0.2, 0) is 6.42 Å². The molecule has 2 aromatic carbocycles. The average Bonchev–Trinajstić information content (AvgIpc) is 2.42. The lowest BCUT2D eigenvalue weighted by atomic mass is 10.0. The van der Waals surface area contributed by atoms with Crippen molar-refractivity contribution in [2.75, 3.05) is 5.32 Å². The van der Waals surface area contributed by atoms with Crippen molar-refractivity contribution in [1.82, 2.24) is 0 Å². The van der Waals surface area contributed by atoms with E-state index in [1.807, 2.05) is 19.1 Å². The molecule has 0 aliphatic carbocycles. The zero-order valence-corrected chi connectivity index (χ0v) is 11.5. The molecule has 0 aliphatic heterocycles. The van der Waals surface area contributed by atoms with Crippen LogP contribution in [-0.4, -0.2) is 6.04 Å². The van der Waals surface area contributed by atoms with E-state index in [0.717, 1.165) is 24.1 Å². The van der Waals surface area contributed by atoms with Crippen LogP contribution in [0.4, 0.5) is 10.1 Å². The minimum Gasteiger partial charge on any atom is -0.382 e. The highest BCUT2D eigenvalue weighted by molar-refractivity contribution is 5.51. The van der Waals surface area contributed by atoms with Gasteiger partial charge in [0.2, 0.25) is 0 Å². The topological polar surface area (TPSA) is 12.0 Å². The van der Waals surface area contributed by atoms with Crippen LogP contribution in [0.5, 0.6) is 0 Å². The zero-order valence-electron chi connectivity index (χ0n) is 11.5. The number of rotatable bonds is 5. The molecule has 0 bridgehead atoms. The van der Waals surface area contributed by atoms with Crippen LogP contribution in [0, 0.1) is 12.7 Å². The predicted molar refractivity (Wildman–Crippen MR) is 79.0 cm³/mol. The van der Waals surface area contributed by atoms with Crippen LogP contribution in [0.3, 0.4) is 0 Å². The molecule has 2 heteroatoms. The van der Waals surface area contributed by atoms with Crippen LogP contribution in [0.2, 0.25) is 0 Å². The standard InChI is InChI=1S/C17H20FN/c1-3-16(12-14-7-5-4-6-8-14)19-17-10-9-15(18)11-13(17)2/h4-11,16,19H,3,12H2,1-2H3. The lowest BCUT2D eigenvalue weighted by Gasteiger charge is -2.20. The number of nitrogens with one attached hydrogen (secondary N) is 1. The fourth-order valence-corrected chi connectivity index (χ4v) is 2.20. The van der Waals surface area contributed by atoms with Crippen LogP contribution >= 0.6 is 0 Å². The van der Waals surface area contributed by atoms with Gasteiger partial charge < -0.3 is 5.32 Å².